The van der Waals surface area contributed by atoms with Crippen molar-refractivity contribution in [3.63, 3.8) is 0 Å². The molecule has 0 spiro atoms. The predicted octanol–water partition coefficient (Wildman–Crippen LogP) is 3.50. The molecule has 0 aromatic heterocycles. The van der Waals surface area contributed by atoms with Crippen LogP contribution in [-0.4, -0.2) is 52.9 Å². The van der Waals surface area contributed by atoms with Gasteiger partial charge < -0.3 is 9.64 Å². The van der Waals surface area contributed by atoms with Gasteiger partial charge in [-0.3, -0.25) is 4.90 Å². The maximum atomic E-state index is 12.3. The number of amides is 1. The smallest absolute Gasteiger partial charge is 0.410 e. The van der Waals surface area contributed by atoms with Crippen LogP contribution in [0.2, 0.25) is 0 Å². The van der Waals surface area contributed by atoms with E-state index >= 15 is 0 Å². The number of hydrogen-bond acceptors (Lipinski definition) is 3. The number of rotatable bonds is 5. The fourth-order valence-electron chi connectivity index (χ4n) is 3.00. The number of nitrogens with zero attached hydrogens (tertiary/aromatic N) is 2. The largest absolute Gasteiger partial charge is 0.445 e. The van der Waals surface area contributed by atoms with Gasteiger partial charge >= 0.3 is 6.09 Å². The van der Waals surface area contributed by atoms with Gasteiger partial charge in [-0.05, 0) is 32.4 Å². The van der Waals surface area contributed by atoms with E-state index < -0.39 is 0 Å². The molecule has 122 valence electrons. The zero-order chi connectivity index (χ0) is 15.9. The first kappa shape index (κ1) is 17.3. The molecular formula is C17H25BrN2O2. The fourth-order valence-corrected chi connectivity index (χ4v) is 3.25. The van der Waals surface area contributed by atoms with Crippen LogP contribution in [0.3, 0.4) is 0 Å². The van der Waals surface area contributed by atoms with E-state index in [1.807, 2.05) is 35.2 Å². The molecule has 2 rings (SSSR count). The number of benzene rings is 1. The molecule has 22 heavy (non-hydrogen) atoms. The summed E-state index contributed by atoms with van der Waals surface area (Å²) in [5.41, 5.74) is 1.02. The molecule has 0 aliphatic carbocycles. The molecule has 2 atom stereocenters. The third kappa shape index (κ3) is 4.71. The molecule has 1 aromatic carbocycles. The Kier molecular flexibility index (Phi) is 6.70. The molecule has 1 aliphatic heterocycles. The lowest BCUT2D eigenvalue weighted by molar-refractivity contribution is 0.0254. The van der Waals surface area contributed by atoms with Crippen molar-refractivity contribution in [3.05, 3.63) is 35.9 Å². The first-order chi connectivity index (χ1) is 10.6. The third-order valence-corrected chi connectivity index (χ3v) is 4.68. The number of hydrogen-bond donors (Lipinski definition) is 0. The summed E-state index contributed by atoms with van der Waals surface area (Å²) in [6, 6.07) is 10.5. The third-order valence-electron chi connectivity index (χ3n) is 4.11. The molecule has 1 amide bonds. The molecule has 1 heterocycles. The first-order valence-corrected chi connectivity index (χ1v) is 9.01. The maximum Gasteiger partial charge on any atom is 0.410 e. The van der Waals surface area contributed by atoms with Crippen molar-refractivity contribution in [2.45, 2.75) is 39.0 Å². The quantitative estimate of drug-likeness (QED) is 0.745. The van der Waals surface area contributed by atoms with Crippen molar-refractivity contribution in [1.29, 1.82) is 0 Å². The van der Waals surface area contributed by atoms with E-state index in [1.54, 1.807) is 0 Å². The molecule has 4 nitrogen and oxygen atoms in total. The second-order valence-electron chi connectivity index (χ2n) is 5.92. The Morgan fingerprint density at radius 1 is 1.23 bits per heavy atom. The zero-order valence-corrected chi connectivity index (χ0v) is 15.0. The van der Waals surface area contributed by atoms with Crippen LogP contribution < -0.4 is 0 Å². The molecule has 0 N–H and O–H groups in total. The molecule has 0 saturated carbocycles. The summed E-state index contributed by atoms with van der Waals surface area (Å²) < 4.78 is 5.44. The highest BCUT2D eigenvalue weighted by Crippen LogP contribution is 2.17. The Hall–Kier alpha value is -1.07. The standard InChI is InChI=1S/C17H25BrN2O2/c1-14-11-19(12-15(2)20(14)10-6-9-18)17(21)22-13-16-7-4-3-5-8-16/h3-5,7-8,14-15H,6,9-13H2,1-2H3/t14-,15+. The lowest BCUT2D eigenvalue weighted by atomic mass is 10.1. The van der Waals surface area contributed by atoms with Gasteiger partial charge in [-0.1, -0.05) is 46.3 Å². The Labute approximate surface area is 141 Å². The monoisotopic (exact) mass is 368 g/mol. The molecule has 1 aliphatic rings. The Morgan fingerprint density at radius 3 is 2.45 bits per heavy atom. The van der Waals surface area contributed by atoms with Crippen molar-refractivity contribution in [1.82, 2.24) is 9.80 Å². The molecule has 1 aromatic rings. The predicted molar refractivity (Wildman–Crippen MR) is 92.2 cm³/mol. The second-order valence-corrected chi connectivity index (χ2v) is 6.72. The molecular weight excluding hydrogens is 344 g/mol. The van der Waals surface area contributed by atoms with Crippen molar-refractivity contribution < 1.29 is 9.53 Å². The van der Waals surface area contributed by atoms with E-state index in [0.29, 0.717) is 18.7 Å². The topological polar surface area (TPSA) is 32.8 Å². The van der Waals surface area contributed by atoms with Crippen molar-refractivity contribution in [2.24, 2.45) is 0 Å². The van der Waals surface area contributed by atoms with Crippen LogP contribution in [0.5, 0.6) is 0 Å². The van der Waals surface area contributed by atoms with E-state index in [9.17, 15) is 4.79 Å². The minimum atomic E-state index is -0.206. The minimum absolute atomic E-state index is 0.206. The number of carbonyl (C=O) groups excluding carboxylic acids is 1. The highest BCUT2D eigenvalue weighted by Gasteiger charge is 2.31. The highest BCUT2D eigenvalue weighted by molar-refractivity contribution is 9.09. The Morgan fingerprint density at radius 2 is 1.86 bits per heavy atom. The molecule has 1 saturated heterocycles. The van der Waals surface area contributed by atoms with E-state index in [4.69, 9.17) is 4.74 Å². The van der Waals surface area contributed by atoms with Crippen LogP contribution in [0, 0.1) is 0 Å². The van der Waals surface area contributed by atoms with Crippen LogP contribution in [0.4, 0.5) is 4.79 Å². The summed E-state index contributed by atoms with van der Waals surface area (Å²) >= 11 is 3.48. The van der Waals surface area contributed by atoms with Crippen molar-refractivity contribution in [2.75, 3.05) is 25.0 Å². The highest BCUT2D eigenvalue weighted by atomic mass is 79.9. The van der Waals surface area contributed by atoms with Crippen LogP contribution >= 0.6 is 15.9 Å². The summed E-state index contributed by atoms with van der Waals surface area (Å²) in [5.74, 6) is 0. The minimum Gasteiger partial charge on any atom is -0.445 e. The lowest BCUT2D eigenvalue weighted by Crippen LogP contribution is -2.58. The van der Waals surface area contributed by atoms with Crippen molar-refractivity contribution >= 4 is 22.0 Å². The summed E-state index contributed by atoms with van der Waals surface area (Å²) in [6.07, 6.45) is 0.926. The first-order valence-electron chi connectivity index (χ1n) is 7.89. The number of carbonyl (C=O) groups is 1. The van der Waals surface area contributed by atoms with Crippen LogP contribution in [-0.2, 0) is 11.3 Å². The molecule has 0 radical (unpaired) electrons. The second kappa shape index (κ2) is 8.53. The van der Waals surface area contributed by atoms with Gasteiger partial charge in [0.05, 0.1) is 0 Å². The SMILES string of the molecule is C[C@@H]1CN(C(=O)OCc2ccccc2)C[C@H](C)N1CCCBr. The Bertz CT molecular complexity index is 457. The summed E-state index contributed by atoms with van der Waals surface area (Å²) in [7, 11) is 0. The normalized spacial score (nSPS) is 22.6. The fraction of sp³-hybridized carbons (Fsp3) is 0.588. The number of halogens is 1. The van der Waals surface area contributed by atoms with E-state index in [-0.39, 0.29) is 6.09 Å². The summed E-state index contributed by atoms with van der Waals surface area (Å²) in [5, 5.41) is 1.02. The molecule has 1 fully saturated rings. The van der Waals surface area contributed by atoms with Gasteiger partial charge in [-0.15, -0.1) is 0 Å². The van der Waals surface area contributed by atoms with Crippen LogP contribution in [0.1, 0.15) is 25.8 Å². The molecule has 0 unspecified atom stereocenters. The van der Waals surface area contributed by atoms with E-state index in [2.05, 4.69) is 34.7 Å². The van der Waals surface area contributed by atoms with Gasteiger partial charge in [-0.2, -0.15) is 0 Å². The van der Waals surface area contributed by atoms with Gasteiger partial charge in [0.25, 0.3) is 0 Å². The summed E-state index contributed by atoms with van der Waals surface area (Å²) in [4.78, 5) is 16.6. The van der Waals surface area contributed by atoms with Gasteiger partial charge in [0.15, 0.2) is 0 Å². The maximum absolute atomic E-state index is 12.3. The van der Waals surface area contributed by atoms with Gasteiger partial charge in [0, 0.05) is 30.5 Å². The number of alkyl halides is 1. The molecule has 0 bridgehead atoms. The van der Waals surface area contributed by atoms with Crippen LogP contribution in [0.25, 0.3) is 0 Å². The Balaban J connectivity index is 1.84. The lowest BCUT2D eigenvalue weighted by Gasteiger charge is -2.43. The van der Waals surface area contributed by atoms with Gasteiger partial charge in [0.1, 0.15) is 6.61 Å². The number of piperazine rings is 1. The van der Waals surface area contributed by atoms with E-state index in [0.717, 1.165) is 36.9 Å². The zero-order valence-electron chi connectivity index (χ0n) is 13.4. The average molecular weight is 369 g/mol. The van der Waals surface area contributed by atoms with Gasteiger partial charge in [0.2, 0.25) is 0 Å². The van der Waals surface area contributed by atoms with E-state index in [1.165, 1.54) is 0 Å². The van der Waals surface area contributed by atoms with Crippen LogP contribution in [0.15, 0.2) is 30.3 Å². The van der Waals surface area contributed by atoms with Gasteiger partial charge in [-0.25, -0.2) is 4.79 Å². The number of ether oxygens (including phenoxy) is 1. The summed E-state index contributed by atoms with van der Waals surface area (Å²) in [6.45, 7) is 7.25. The molecule has 5 heteroatoms. The average Bonchev–Trinajstić information content (AvgIpc) is 2.52. The van der Waals surface area contributed by atoms with Crippen molar-refractivity contribution in [3.8, 4) is 0 Å².